The lowest BCUT2D eigenvalue weighted by Crippen LogP contribution is -2.37. The van der Waals surface area contributed by atoms with Crippen molar-refractivity contribution in [3.8, 4) is 0 Å². The number of amidine groups is 1. The minimum absolute atomic E-state index is 0.259. The van der Waals surface area contributed by atoms with Crippen LogP contribution >= 0.6 is 0 Å². The molecule has 4 heteroatoms. The highest BCUT2D eigenvalue weighted by Crippen LogP contribution is 1.98. The number of nitrogens with zero attached hydrogens (tertiary/aromatic N) is 2. The highest BCUT2D eigenvalue weighted by Gasteiger charge is 2.18. The quantitative estimate of drug-likeness (QED) is 0.477. The first-order valence-corrected chi connectivity index (χ1v) is 2.73. The second-order valence-corrected chi connectivity index (χ2v) is 1.98. The van der Waals surface area contributed by atoms with Crippen LogP contribution in [-0.2, 0) is 4.79 Å². The maximum atomic E-state index is 10.2. The van der Waals surface area contributed by atoms with Gasteiger partial charge in [0.2, 0.25) is 0 Å². The van der Waals surface area contributed by atoms with Crippen LogP contribution in [0.2, 0.25) is 0 Å². The van der Waals surface area contributed by atoms with Crippen molar-refractivity contribution in [2.45, 2.75) is 13.1 Å². The fraction of sp³-hybridized carbons (Fsp3) is 0.600. The van der Waals surface area contributed by atoms with E-state index in [0.29, 0.717) is 0 Å². The Morgan fingerprint density at radius 2 is 2.56 bits per heavy atom. The van der Waals surface area contributed by atoms with Gasteiger partial charge >= 0.3 is 0 Å². The Labute approximate surface area is 53.5 Å². The Morgan fingerprint density at radius 3 is 2.78 bits per heavy atom. The van der Waals surface area contributed by atoms with Crippen molar-refractivity contribution in [1.82, 2.24) is 10.3 Å². The van der Waals surface area contributed by atoms with Crippen LogP contribution in [0.15, 0.2) is 5.10 Å². The molecule has 0 saturated heterocycles. The molecule has 0 saturated carbocycles. The van der Waals surface area contributed by atoms with Crippen LogP contribution in [0.1, 0.15) is 6.92 Å². The average Bonchev–Trinajstić information content (AvgIpc) is 2.15. The minimum Gasteiger partial charge on any atom is -0.334 e. The lowest BCUT2D eigenvalue weighted by Gasteiger charge is -2.14. The predicted octanol–water partition coefficient (Wildman–Crippen LogP) is -0.620. The fourth-order valence-corrected chi connectivity index (χ4v) is 0.648. The molecule has 0 aromatic heterocycles. The molecular formula is C5H9N3O. The molecule has 0 amide bonds. The van der Waals surface area contributed by atoms with Crippen LogP contribution in [0.25, 0.3) is 0 Å². The maximum absolute atomic E-state index is 10.2. The molecule has 1 aliphatic heterocycles. The van der Waals surface area contributed by atoms with Crippen LogP contribution in [0, 0.1) is 0 Å². The Bertz CT molecular complexity index is 154. The van der Waals surface area contributed by atoms with Gasteiger partial charge in [-0.2, -0.15) is 5.10 Å². The van der Waals surface area contributed by atoms with E-state index in [1.807, 2.05) is 14.0 Å². The zero-order valence-electron chi connectivity index (χ0n) is 5.46. The molecule has 9 heavy (non-hydrogen) atoms. The summed E-state index contributed by atoms with van der Waals surface area (Å²) in [4.78, 5) is 12.0. The Kier molecular flexibility index (Phi) is 1.38. The van der Waals surface area contributed by atoms with E-state index in [0.717, 1.165) is 12.1 Å². The summed E-state index contributed by atoms with van der Waals surface area (Å²) in [7, 11) is 1.82. The highest BCUT2D eigenvalue weighted by atomic mass is 16.1. The van der Waals surface area contributed by atoms with Crippen LogP contribution in [0.5, 0.6) is 0 Å². The van der Waals surface area contributed by atoms with E-state index in [2.05, 4.69) is 10.5 Å². The average molecular weight is 127 g/mol. The molecular weight excluding hydrogens is 118 g/mol. The van der Waals surface area contributed by atoms with Gasteiger partial charge in [0.1, 0.15) is 5.84 Å². The molecule has 0 aromatic carbocycles. The summed E-state index contributed by atoms with van der Waals surface area (Å²) < 4.78 is 0. The van der Waals surface area contributed by atoms with Gasteiger partial charge in [-0.3, -0.25) is 10.2 Å². The first kappa shape index (κ1) is 6.07. The largest absolute Gasteiger partial charge is 0.334 e. The third-order valence-electron chi connectivity index (χ3n) is 1.42. The summed E-state index contributed by atoms with van der Waals surface area (Å²) in [5.74, 6) is 0.840. The van der Waals surface area contributed by atoms with Crippen molar-refractivity contribution in [1.29, 1.82) is 0 Å². The van der Waals surface area contributed by atoms with E-state index in [4.69, 9.17) is 0 Å². The molecule has 1 aliphatic rings. The van der Waals surface area contributed by atoms with Gasteiger partial charge in [-0.25, -0.2) is 0 Å². The Hall–Kier alpha value is -1.06. The lowest BCUT2D eigenvalue weighted by atomic mass is 10.5. The van der Waals surface area contributed by atoms with Gasteiger partial charge in [0.25, 0.3) is 0 Å². The number of hydrogen-bond acceptors (Lipinski definition) is 4. The second-order valence-electron chi connectivity index (χ2n) is 1.98. The first-order valence-electron chi connectivity index (χ1n) is 2.73. The van der Waals surface area contributed by atoms with Gasteiger partial charge in [-0.15, -0.1) is 0 Å². The molecule has 0 aromatic rings. The summed E-state index contributed by atoms with van der Waals surface area (Å²) >= 11 is 0. The van der Waals surface area contributed by atoms with Crippen LogP contribution in [0.4, 0.5) is 0 Å². The first-order chi connectivity index (χ1) is 4.25. The zero-order valence-corrected chi connectivity index (χ0v) is 5.46. The molecule has 1 rings (SSSR count). The van der Waals surface area contributed by atoms with Crippen LogP contribution < -0.4 is 5.43 Å². The van der Waals surface area contributed by atoms with E-state index in [9.17, 15) is 4.79 Å². The van der Waals surface area contributed by atoms with Gasteiger partial charge in [0.05, 0.1) is 0 Å². The summed E-state index contributed by atoms with van der Waals surface area (Å²) in [5.41, 5.74) is 2.65. The summed E-state index contributed by atoms with van der Waals surface area (Å²) in [6.45, 7) is 1.84. The number of rotatable bonds is 1. The number of carbonyl (C=O) groups is 1. The van der Waals surface area contributed by atoms with E-state index in [1.54, 1.807) is 4.90 Å². The van der Waals surface area contributed by atoms with Gasteiger partial charge < -0.3 is 4.90 Å². The van der Waals surface area contributed by atoms with Crippen molar-refractivity contribution in [2.24, 2.45) is 5.10 Å². The fourth-order valence-electron chi connectivity index (χ4n) is 0.648. The topological polar surface area (TPSA) is 44.7 Å². The summed E-state index contributed by atoms with van der Waals surface area (Å²) in [6.07, 6.45) is 0.560. The van der Waals surface area contributed by atoms with Gasteiger partial charge in [0.15, 0.2) is 12.5 Å². The highest BCUT2D eigenvalue weighted by molar-refractivity contribution is 5.84. The van der Waals surface area contributed by atoms with Crippen LogP contribution in [-0.4, -0.2) is 30.2 Å². The molecule has 1 unspecified atom stereocenters. The summed E-state index contributed by atoms with van der Waals surface area (Å²) in [6, 6.07) is 0. The number of likely N-dealkylation sites (N-methyl/N-ethyl adjacent to an activating group) is 1. The monoisotopic (exact) mass is 127 g/mol. The predicted molar refractivity (Wildman–Crippen MR) is 33.9 cm³/mol. The molecule has 0 radical (unpaired) electrons. The molecule has 0 aliphatic carbocycles. The van der Waals surface area contributed by atoms with Gasteiger partial charge in [0, 0.05) is 7.05 Å². The Balaban J connectivity index is 2.61. The van der Waals surface area contributed by atoms with E-state index in [-0.39, 0.29) is 6.17 Å². The minimum atomic E-state index is -0.259. The van der Waals surface area contributed by atoms with Crippen LogP contribution in [0.3, 0.4) is 0 Å². The van der Waals surface area contributed by atoms with Gasteiger partial charge in [-0.1, -0.05) is 0 Å². The molecule has 50 valence electrons. The third kappa shape index (κ3) is 0.872. The lowest BCUT2D eigenvalue weighted by molar-refractivity contribution is -0.111. The normalized spacial score (nSPS) is 25.3. The zero-order chi connectivity index (χ0) is 6.85. The number of nitrogens with one attached hydrogen (secondary N) is 1. The number of aldehydes is 1. The molecule has 0 bridgehead atoms. The number of carbonyl (C=O) groups excluding carboxylic acids is 1. The summed E-state index contributed by atoms with van der Waals surface area (Å²) in [5, 5.41) is 3.83. The smallest absolute Gasteiger partial charge is 0.172 e. The molecule has 4 nitrogen and oxygen atoms in total. The molecule has 1 atom stereocenters. The van der Waals surface area contributed by atoms with E-state index < -0.39 is 0 Å². The van der Waals surface area contributed by atoms with E-state index in [1.165, 1.54) is 0 Å². The van der Waals surface area contributed by atoms with Crippen molar-refractivity contribution < 1.29 is 4.79 Å². The van der Waals surface area contributed by atoms with Crippen molar-refractivity contribution in [3.63, 3.8) is 0 Å². The molecule has 0 spiro atoms. The molecule has 0 fully saturated rings. The second kappa shape index (κ2) is 2.05. The van der Waals surface area contributed by atoms with Crippen molar-refractivity contribution in [3.05, 3.63) is 0 Å². The number of hydrazone groups is 1. The van der Waals surface area contributed by atoms with Crippen molar-refractivity contribution in [2.75, 3.05) is 7.05 Å². The standard InChI is InChI=1S/C5H9N3O/c1-4-6-7-5(3-9)8(4)2/h3,5,7H,1-2H3. The SMILES string of the molecule is CC1=NNC(C=O)N1C. The third-order valence-corrected chi connectivity index (χ3v) is 1.42. The Morgan fingerprint density at radius 1 is 1.89 bits per heavy atom. The number of hydrogen-bond donors (Lipinski definition) is 1. The molecule has 1 N–H and O–H groups in total. The molecule has 1 heterocycles. The van der Waals surface area contributed by atoms with Gasteiger partial charge in [-0.05, 0) is 6.92 Å². The van der Waals surface area contributed by atoms with E-state index >= 15 is 0 Å². The maximum Gasteiger partial charge on any atom is 0.172 e. The van der Waals surface area contributed by atoms with Crippen molar-refractivity contribution >= 4 is 12.1 Å².